The van der Waals surface area contributed by atoms with Gasteiger partial charge in [0.2, 0.25) is 5.91 Å². The van der Waals surface area contributed by atoms with Crippen molar-refractivity contribution < 1.29 is 19.1 Å². The quantitative estimate of drug-likeness (QED) is 0.831. The van der Waals surface area contributed by atoms with Crippen LogP contribution >= 0.6 is 0 Å². The van der Waals surface area contributed by atoms with Gasteiger partial charge in [0, 0.05) is 43.9 Å². The molecule has 8 nitrogen and oxygen atoms in total. The zero-order chi connectivity index (χ0) is 18.8. The summed E-state index contributed by atoms with van der Waals surface area (Å²) in [6.45, 7) is 4.83. The molecule has 4 saturated heterocycles. The van der Waals surface area contributed by atoms with Gasteiger partial charge in [0.15, 0.2) is 5.72 Å². The van der Waals surface area contributed by atoms with E-state index in [-0.39, 0.29) is 23.9 Å². The van der Waals surface area contributed by atoms with Gasteiger partial charge in [0.05, 0.1) is 19.1 Å². The minimum Gasteiger partial charge on any atom is -0.351 e. The Balaban J connectivity index is 1.45. The minimum absolute atomic E-state index is 0.0633. The van der Waals surface area contributed by atoms with Crippen LogP contribution < -0.4 is 10.2 Å². The van der Waals surface area contributed by atoms with Crippen LogP contribution in [-0.4, -0.2) is 72.2 Å². The smallest absolute Gasteiger partial charge is 0.322 e. The molecule has 4 amide bonds. The number of amides is 4. The van der Waals surface area contributed by atoms with Crippen molar-refractivity contribution in [1.82, 2.24) is 15.1 Å². The highest BCUT2D eigenvalue weighted by molar-refractivity contribution is 6.00. The Bertz CT molecular complexity index is 856. The Labute approximate surface area is 157 Å². The Morgan fingerprint density at radius 2 is 2.11 bits per heavy atom. The number of anilines is 1. The topological polar surface area (TPSA) is 82.2 Å². The molecule has 1 aromatic carbocycles. The molecular formula is C19H22N4O4. The molecule has 0 saturated carbocycles. The zero-order valence-corrected chi connectivity index (χ0v) is 15.2. The van der Waals surface area contributed by atoms with Gasteiger partial charge in [-0.15, -0.1) is 0 Å². The van der Waals surface area contributed by atoms with Crippen molar-refractivity contribution in [2.45, 2.75) is 31.5 Å². The van der Waals surface area contributed by atoms with Crippen LogP contribution in [0.15, 0.2) is 18.2 Å². The molecule has 0 unspecified atom stereocenters. The second-order valence-corrected chi connectivity index (χ2v) is 7.59. The first kappa shape index (κ1) is 16.6. The van der Waals surface area contributed by atoms with Gasteiger partial charge < -0.3 is 19.9 Å². The van der Waals surface area contributed by atoms with Crippen molar-refractivity contribution in [3.8, 4) is 0 Å². The molecule has 4 aliphatic heterocycles. The SMILES string of the molecule is Cc1ccc(C(=O)N2CC[C@@]34OCCN3C(=O)C[C@@H]24)cc1N1CCNC1=O. The Morgan fingerprint density at radius 3 is 2.89 bits per heavy atom. The van der Waals surface area contributed by atoms with E-state index >= 15 is 0 Å². The van der Waals surface area contributed by atoms with Gasteiger partial charge in [-0.1, -0.05) is 6.07 Å². The van der Waals surface area contributed by atoms with E-state index in [0.29, 0.717) is 51.2 Å². The lowest BCUT2D eigenvalue weighted by molar-refractivity contribution is -0.136. The summed E-state index contributed by atoms with van der Waals surface area (Å²) in [7, 11) is 0. The first-order chi connectivity index (χ1) is 13.0. The molecule has 2 atom stereocenters. The van der Waals surface area contributed by atoms with Crippen molar-refractivity contribution in [2.24, 2.45) is 0 Å². The molecule has 4 aliphatic rings. The van der Waals surface area contributed by atoms with Crippen LogP contribution in [0.5, 0.6) is 0 Å². The first-order valence-electron chi connectivity index (χ1n) is 9.43. The summed E-state index contributed by atoms with van der Waals surface area (Å²) in [5, 5.41) is 2.79. The van der Waals surface area contributed by atoms with Crippen molar-refractivity contribution in [3.05, 3.63) is 29.3 Å². The number of rotatable bonds is 2. The third kappa shape index (κ3) is 2.22. The molecule has 27 heavy (non-hydrogen) atoms. The van der Waals surface area contributed by atoms with Crippen LogP contribution in [0, 0.1) is 6.92 Å². The largest absolute Gasteiger partial charge is 0.351 e. The van der Waals surface area contributed by atoms with Crippen LogP contribution in [-0.2, 0) is 9.53 Å². The van der Waals surface area contributed by atoms with E-state index in [1.165, 1.54) is 0 Å². The maximum atomic E-state index is 13.3. The summed E-state index contributed by atoms with van der Waals surface area (Å²) in [4.78, 5) is 42.9. The van der Waals surface area contributed by atoms with Crippen molar-refractivity contribution >= 4 is 23.5 Å². The minimum atomic E-state index is -0.630. The molecule has 4 heterocycles. The van der Waals surface area contributed by atoms with Crippen molar-refractivity contribution in [2.75, 3.05) is 37.7 Å². The standard InChI is InChI=1S/C19H22N4O4/c1-12-2-3-13(10-14(12)21-7-5-20-18(21)26)17(25)22-6-4-19-15(22)11-16(24)23(19)8-9-27-19/h2-3,10,15H,4-9,11H2,1H3,(H,20,26)/t15-,19+/m1/s1. The molecule has 0 bridgehead atoms. The number of hydrogen-bond donors (Lipinski definition) is 1. The molecule has 142 valence electrons. The molecule has 1 aromatic rings. The van der Waals surface area contributed by atoms with Crippen LogP contribution in [0.2, 0.25) is 0 Å². The molecule has 1 N–H and O–H groups in total. The summed E-state index contributed by atoms with van der Waals surface area (Å²) < 4.78 is 5.96. The molecule has 0 aliphatic carbocycles. The molecule has 0 radical (unpaired) electrons. The van der Waals surface area contributed by atoms with Gasteiger partial charge in [0.1, 0.15) is 0 Å². The van der Waals surface area contributed by atoms with E-state index < -0.39 is 5.72 Å². The highest BCUT2D eigenvalue weighted by Crippen LogP contribution is 2.46. The second kappa shape index (κ2) is 5.69. The lowest BCUT2D eigenvalue weighted by Gasteiger charge is -2.31. The molecule has 4 fully saturated rings. The monoisotopic (exact) mass is 370 g/mol. The van der Waals surface area contributed by atoms with Crippen molar-refractivity contribution in [1.29, 1.82) is 0 Å². The fraction of sp³-hybridized carbons (Fsp3) is 0.526. The van der Waals surface area contributed by atoms with E-state index in [1.54, 1.807) is 26.8 Å². The lowest BCUT2D eigenvalue weighted by atomic mass is 10.0. The number of nitrogens with one attached hydrogen (secondary N) is 1. The number of hydrogen-bond acceptors (Lipinski definition) is 4. The predicted molar refractivity (Wildman–Crippen MR) is 96.4 cm³/mol. The number of urea groups is 1. The third-order valence-corrected chi connectivity index (χ3v) is 6.27. The van der Waals surface area contributed by atoms with Gasteiger partial charge in [-0.25, -0.2) is 4.79 Å². The third-order valence-electron chi connectivity index (χ3n) is 6.27. The maximum absolute atomic E-state index is 13.3. The molecule has 1 spiro atoms. The molecule has 0 aromatic heterocycles. The molecule has 8 heteroatoms. The van der Waals surface area contributed by atoms with E-state index in [0.717, 1.165) is 11.3 Å². The average molecular weight is 370 g/mol. The highest BCUT2D eigenvalue weighted by atomic mass is 16.5. The predicted octanol–water partition coefficient (Wildman–Crippen LogP) is 0.698. The Morgan fingerprint density at radius 1 is 1.26 bits per heavy atom. The van der Waals surface area contributed by atoms with Gasteiger partial charge in [-0.05, 0) is 24.6 Å². The number of carbonyl (C=O) groups is 3. The fourth-order valence-electron chi connectivity index (χ4n) is 4.94. The number of carbonyl (C=O) groups excluding carboxylic acids is 3. The number of aryl methyl sites for hydroxylation is 1. The highest BCUT2D eigenvalue weighted by Gasteiger charge is 2.62. The Hall–Kier alpha value is -2.61. The van der Waals surface area contributed by atoms with E-state index in [1.807, 2.05) is 13.0 Å². The van der Waals surface area contributed by atoms with Gasteiger partial charge in [-0.3, -0.25) is 14.5 Å². The van der Waals surface area contributed by atoms with Crippen LogP contribution in [0.4, 0.5) is 10.5 Å². The van der Waals surface area contributed by atoms with Gasteiger partial charge >= 0.3 is 6.03 Å². The van der Waals surface area contributed by atoms with Crippen molar-refractivity contribution in [3.63, 3.8) is 0 Å². The number of nitrogens with zero attached hydrogens (tertiary/aromatic N) is 3. The number of benzene rings is 1. The number of likely N-dealkylation sites (tertiary alicyclic amines) is 1. The second-order valence-electron chi connectivity index (χ2n) is 7.59. The maximum Gasteiger partial charge on any atom is 0.322 e. The van der Waals surface area contributed by atoms with Crippen LogP contribution in [0.25, 0.3) is 0 Å². The van der Waals surface area contributed by atoms with Crippen LogP contribution in [0.3, 0.4) is 0 Å². The van der Waals surface area contributed by atoms with E-state index in [4.69, 9.17) is 4.74 Å². The summed E-state index contributed by atoms with van der Waals surface area (Å²) in [6.07, 6.45) is 0.974. The van der Waals surface area contributed by atoms with Gasteiger partial charge in [-0.2, -0.15) is 0 Å². The summed E-state index contributed by atoms with van der Waals surface area (Å²) in [6, 6.07) is 5.08. The molecular weight excluding hydrogens is 348 g/mol. The summed E-state index contributed by atoms with van der Waals surface area (Å²) in [5.74, 6) is -0.0452. The summed E-state index contributed by atoms with van der Waals surface area (Å²) >= 11 is 0. The fourth-order valence-corrected chi connectivity index (χ4v) is 4.94. The first-order valence-corrected chi connectivity index (χ1v) is 9.43. The average Bonchev–Trinajstić information content (AvgIpc) is 3.39. The zero-order valence-electron chi connectivity index (χ0n) is 15.2. The van der Waals surface area contributed by atoms with Crippen LogP contribution in [0.1, 0.15) is 28.8 Å². The normalized spacial score (nSPS) is 29.4. The molecule has 5 rings (SSSR count). The summed E-state index contributed by atoms with van der Waals surface area (Å²) in [5.41, 5.74) is 1.61. The van der Waals surface area contributed by atoms with E-state index in [2.05, 4.69) is 5.32 Å². The Kier molecular flexibility index (Phi) is 3.49. The number of ether oxygens (including phenoxy) is 1. The van der Waals surface area contributed by atoms with E-state index in [9.17, 15) is 14.4 Å². The van der Waals surface area contributed by atoms with Gasteiger partial charge in [0.25, 0.3) is 5.91 Å². The lowest BCUT2D eigenvalue weighted by Crippen LogP contribution is -2.48.